The molecule has 5 nitrogen and oxygen atoms in total. The first kappa shape index (κ1) is 13.8. The summed E-state index contributed by atoms with van der Waals surface area (Å²) < 4.78 is 0. The Morgan fingerprint density at radius 2 is 1.80 bits per heavy atom. The molecule has 1 saturated carbocycles. The van der Waals surface area contributed by atoms with Crippen LogP contribution in [0.1, 0.15) is 19.3 Å². The number of fused-ring (bicyclic) bond motifs is 2. The number of nitriles is 4. The van der Waals surface area contributed by atoms with Crippen LogP contribution >= 0.6 is 0 Å². The van der Waals surface area contributed by atoms with Crippen LogP contribution in [0.25, 0.3) is 0 Å². The second kappa shape index (κ2) is 5.16. The van der Waals surface area contributed by atoms with Crippen molar-refractivity contribution in [3.63, 3.8) is 0 Å². The largest absolute Gasteiger partial charge is 0.299 e. The Kier molecular flexibility index (Phi) is 3.56. The molecule has 0 radical (unpaired) electrons. The van der Waals surface area contributed by atoms with Gasteiger partial charge >= 0.3 is 0 Å². The van der Waals surface area contributed by atoms with Crippen LogP contribution in [-0.4, -0.2) is 5.78 Å². The Labute approximate surface area is 117 Å². The number of carbonyl (C=O) groups is 1. The van der Waals surface area contributed by atoms with Crippen LogP contribution in [0.4, 0.5) is 0 Å². The average molecular weight is 264 g/mol. The highest BCUT2D eigenvalue weighted by atomic mass is 16.1. The number of rotatable bonds is 4. The van der Waals surface area contributed by atoms with Crippen molar-refractivity contribution < 1.29 is 4.79 Å². The fourth-order valence-corrected chi connectivity index (χ4v) is 3.14. The lowest BCUT2D eigenvalue weighted by atomic mass is 9.72. The van der Waals surface area contributed by atoms with E-state index in [-0.39, 0.29) is 24.0 Å². The van der Waals surface area contributed by atoms with Gasteiger partial charge in [0, 0.05) is 12.3 Å². The summed E-state index contributed by atoms with van der Waals surface area (Å²) in [6, 6.07) is 6.75. The average Bonchev–Trinajstić information content (AvgIpc) is 3.09. The highest BCUT2D eigenvalue weighted by Gasteiger charge is 2.47. The van der Waals surface area contributed by atoms with Crippen molar-refractivity contribution in [2.24, 2.45) is 29.1 Å². The van der Waals surface area contributed by atoms with Crippen LogP contribution in [-0.2, 0) is 4.79 Å². The van der Waals surface area contributed by atoms with Crippen LogP contribution in [0, 0.1) is 74.4 Å². The Morgan fingerprint density at radius 3 is 2.20 bits per heavy atom. The molecule has 0 unspecified atom stereocenters. The molecule has 0 spiro atoms. The van der Waals surface area contributed by atoms with Crippen molar-refractivity contribution >= 4 is 5.78 Å². The van der Waals surface area contributed by atoms with Gasteiger partial charge in [-0.2, -0.15) is 21.0 Å². The third kappa shape index (κ3) is 2.05. The molecule has 0 aromatic rings. The number of nitrogens with zero attached hydrogens (tertiary/aromatic N) is 4. The molecule has 0 amide bonds. The van der Waals surface area contributed by atoms with Crippen LogP contribution < -0.4 is 0 Å². The smallest absolute Gasteiger partial charge is 0.179 e. The van der Waals surface area contributed by atoms with E-state index in [0.717, 1.165) is 12.8 Å². The molecule has 3 atom stereocenters. The summed E-state index contributed by atoms with van der Waals surface area (Å²) in [7, 11) is 0. The Bertz CT molecular complexity index is 594. The van der Waals surface area contributed by atoms with E-state index in [0.29, 0.717) is 5.92 Å². The Balaban J connectivity index is 2.19. The third-order valence-electron chi connectivity index (χ3n) is 4.30. The summed E-state index contributed by atoms with van der Waals surface area (Å²) >= 11 is 0. The lowest BCUT2D eigenvalue weighted by Crippen LogP contribution is -2.32. The van der Waals surface area contributed by atoms with Crippen molar-refractivity contribution in [1.82, 2.24) is 0 Å². The van der Waals surface area contributed by atoms with Crippen molar-refractivity contribution in [3.05, 3.63) is 12.2 Å². The molecule has 2 aliphatic rings. The minimum Gasteiger partial charge on any atom is -0.299 e. The SMILES string of the molecule is N#CC(C#N)C(C#N)(C#N)CC(=O)[C@H]1C[C@H]2C=C[C@H]1C2. The first-order valence-corrected chi connectivity index (χ1v) is 6.43. The summed E-state index contributed by atoms with van der Waals surface area (Å²) in [5.74, 6) is -1.17. The monoisotopic (exact) mass is 264 g/mol. The molecule has 0 aromatic heterocycles. The van der Waals surface area contributed by atoms with Gasteiger partial charge in [0.25, 0.3) is 0 Å². The second-order valence-corrected chi connectivity index (χ2v) is 5.42. The van der Waals surface area contributed by atoms with E-state index in [9.17, 15) is 15.3 Å². The maximum absolute atomic E-state index is 12.3. The standard InChI is InChI=1S/C15H12N4O/c16-6-12(7-17)15(8-18,9-19)5-14(20)13-4-10-1-2-11(13)3-10/h1-2,10-13H,3-5H2/t10-,11-,13-/m0/s1. The van der Waals surface area contributed by atoms with Gasteiger partial charge in [0.15, 0.2) is 11.3 Å². The van der Waals surface area contributed by atoms with Gasteiger partial charge in [0.1, 0.15) is 5.78 Å². The quantitative estimate of drug-likeness (QED) is 0.719. The normalized spacial score (nSPS) is 26.6. The lowest BCUT2D eigenvalue weighted by Gasteiger charge is -2.22. The van der Waals surface area contributed by atoms with Crippen LogP contribution in [0.5, 0.6) is 0 Å². The minimum absolute atomic E-state index is 0.177. The van der Waals surface area contributed by atoms with Crippen molar-refractivity contribution in [3.8, 4) is 24.3 Å². The Hall–Kier alpha value is -2.63. The molecular weight excluding hydrogens is 252 g/mol. The van der Waals surface area contributed by atoms with Gasteiger partial charge in [-0.15, -0.1) is 0 Å². The summed E-state index contributed by atoms with van der Waals surface area (Å²) in [6.07, 6.45) is 5.47. The zero-order chi connectivity index (χ0) is 14.8. The fourth-order valence-electron chi connectivity index (χ4n) is 3.14. The van der Waals surface area contributed by atoms with E-state index in [1.807, 2.05) is 6.08 Å². The summed E-state index contributed by atoms with van der Waals surface area (Å²) in [6.45, 7) is 0. The zero-order valence-electron chi connectivity index (χ0n) is 10.8. The molecule has 2 rings (SSSR count). The number of carbonyl (C=O) groups excluding carboxylic acids is 1. The zero-order valence-corrected chi connectivity index (χ0v) is 10.8. The molecule has 0 aromatic carbocycles. The van der Waals surface area contributed by atoms with Crippen molar-refractivity contribution in [2.45, 2.75) is 19.3 Å². The Morgan fingerprint density at radius 1 is 1.15 bits per heavy atom. The second-order valence-electron chi connectivity index (χ2n) is 5.42. The van der Waals surface area contributed by atoms with Crippen LogP contribution in [0.15, 0.2) is 12.2 Å². The highest BCUT2D eigenvalue weighted by Crippen LogP contribution is 2.45. The fraction of sp³-hybridized carbons (Fsp3) is 0.533. The predicted molar refractivity (Wildman–Crippen MR) is 66.8 cm³/mol. The van der Waals surface area contributed by atoms with Gasteiger partial charge in [0.2, 0.25) is 0 Å². The topological polar surface area (TPSA) is 112 Å². The van der Waals surface area contributed by atoms with E-state index in [2.05, 4.69) is 6.08 Å². The number of hydrogen-bond donors (Lipinski definition) is 0. The number of hydrogen-bond acceptors (Lipinski definition) is 5. The summed E-state index contributed by atoms with van der Waals surface area (Å²) in [4.78, 5) is 12.3. The highest BCUT2D eigenvalue weighted by molar-refractivity contribution is 5.84. The molecule has 5 heteroatoms. The van der Waals surface area contributed by atoms with Crippen LogP contribution in [0.3, 0.4) is 0 Å². The maximum Gasteiger partial charge on any atom is 0.179 e. The molecule has 0 N–H and O–H groups in total. The molecule has 98 valence electrons. The van der Waals surface area contributed by atoms with Gasteiger partial charge in [-0.25, -0.2) is 0 Å². The van der Waals surface area contributed by atoms with Crippen molar-refractivity contribution in [2.75, 3.05) is 0 Å². The van der Waals surface area contributed by atoms with Gasteiger partial charge in [-0.05, 0) is 24.7 Å². The van der Waals surface area contributed by atoms with Gasteiger partial charge in [0.05, 0.1) is 24.3 Å². The van der Waals surface area contributed by atoms with E-state index in [4.69, 9.17) is 10.5 Å². The van der Waals surface area contributed by atoms with Gasteiger partial charge < -0.3 is 0 Å². The number of allylic oxidation sites excluding steroid dienone is 2. The lowest BCUT2D eigenvalue weighted by molar-refractivity contribution is -0.124. The molecular formula is C15H12N4O. The maximum atomic E-state index is 12.3. The predicted octanol–water partition coefficient (Wildman–Crippen LogP) is 1.85. The molecule has 1 fully saturated rings. The minimum atomic E-state index is -1.86. The molecule has 20 heavy (non-hydrogen) atoms. The summed E-state index contributed by atoms with van der Waals surface area (Å²) in [5.41, 5.74) is -1.86. The van der Waals surface area contributed by atoms with E-state index >= 15 is 0 Å². The van der Waals surface area contributed by atoms with Gasteiger partial charge in [-0.3, -0.25) is 4.79 Å². The number of ketones is 1. The van der Waals surface area contributed by atoms with E-state index in [1.54, 1.807) is 24.3 Å². The van der Waals surface area contributed by atoms with E-state index < -0.39 is 11.3 Å². The third-order valence-corrected chi connectivity index (χ3v) is 4.30. The first-order valence-electron chi connectivity index (χ1n) is 6.43. The van der Waals surface area contributed by atoms with Gasteiger partial charge in [-0.1, -0.05) is 12.2 Å². The molecule has 0 aliphatic heterocycles. The van der Waals surface area contributed by atoms with E-state index in [1.165, 1.54) is 0 Å². The van der Waals surface area contributed by atoms with Crippen LogP contribution in [0.2, 0.25) is 0 Å². The molecule has 2 bridgehead atoms. The van der Waals surface area contributed by atoms with Crippen molar-refractivity contribution in [1.29, 1.82) is 21.0 Å². The molecule has 0 heterocycles. The summed E-state index contributed by atoms with van der Waals surface area (Å²) in [5, 5.41) is 36.2. The number of Topliss-reactive ketones (excluding diaryl/α,β-unsaturated/α-hetero) is 1. The molecule has 2 aliphatic carbocycles. The molecule has 0 saturated heterocycles. The first-order chi connectivity index (χ1) is 9.60.